The molecular weight excluding hydrogens is 271 g/mol. The molecule has 0 unspecified atom stereocenters. The average molecular weight is 291 g/mol. The fraction of sp³-hybridized carbons (Fsp3) is 0.538. The summed E-state index contributed by atoms with van der Waals surface area (Å²) in [6.45, 7) is 3.05. The highest BCUT2D eigenvalue weighted by atomic mass is 35.5. The topological polar surface area (TPSA) is 55.7 Å². The molecular formula is C13H20ClFN2O2. The molecule has 1 aromatic rings. The van der Waals surface area contributed by atoms with Crippen molar-refractivity contribution in [3.05, 3.63) is 23.8 Å². The second-order valence-electron chi connectivity index (χ2n) is 4.56. The molecule has 1 atom stereocenters. The number of rotatable bonds is 4. The first-order valence-corrected chi connectivity index (χ1v) is 6.24. The minimum atomic E-state index is -0.412. The van der Waals surface area contributed by atoms with Crippen molar-refractivity contribution in [2.45, 2.75) is 12.5 Å². The Balaban J connectivity index is 0.00000180. The fourth-order valence-electron chi connectivity index (χ4n) is 2.47. The second kappa shape index (κ2) is 7.53. The van der Waals surface area contributed by atoms with Gasteiger partial charge in [0.1, 0.15) is 11.5 Å². The van der Waals surface area contributed by atoms with Crippen LogP contribution in [0.5, 0.6) is 11.5 Å². The largest absolute Gasteiger partial charge is 0.508 e. The van der Waals surface area contributed by atoms with Gasteiger partial charge in [-0.05, 0) is 24.1 Å². The minimum Gasteiger partial charge on any atom is -0.508 e. The van der Waals surface area contributed by atoms with E-state index in [1.165, 1.54) is 6.07 Å². The summed E-state index contributed by atoms with van der Waals surface area (Å²) < 4.78 is 12.7. The van der Waals surface area contributed by atoms with Crippen LogP contribution in [0.4, 0.5) is 4.39 Å². The zero-order valence-electron chi connectivity index (χ0n) is 10.7. The molecule has 0 bridgehead atoms. The van der Waals surface area contributed by atoms with Crippen LogP contribution in [0.25, 0.3) is 0 Å². The van der Waals surface area contributed by atoms with E-state index in [0.29, 0.717) is 6.42 Å². The lowest BCUT2D eigenvalue weighted by molar-refractivity contribution is 0.157. The summed E-state index contributed by atoms with van der Waals surface area (Å²) in [5.74, 6) is 0.0352. The molecule has 4 nitrogen and oxygen atoms in total. The van der Waals surface area contributed by atoms with Crippen LogP contribution in [0.15, 0.2) is 18.2 Å². The number of hydrogen-bond acceptors (Lipinski definition) is 4. The zero-order chi connectivity index (χ0) is 13.0. The maximum Gasteiger partial charge on any atom is 0.119 e. The number of halogens is 2. The van der Waals surface area contributed by atoms with Gasteiger partial charge >= 0.3 is 0 Å². The minimum absolute atomic E-state index is 0. The summed E-state index contributed by atoms with van der Waals surface area (Å²) in [5.41, 5.74) is 0.770. The van der Waals surface area contributed by atoms with Crippen molar-refractivity contribution >= 4 is 12.4 Å². The van der Waals surface area contributed by atoms with E-state index >= 15 is 0 Å². The first-order chi connectivity index (χ1) is 8.70. The maximum absolute atomic E-state index is 12.7. The van der Waals surface area contributed by atoms with Gasteiger partial charge in [-0.15, -0.1) is 12.4 Å². The number of nitrogens with zero attached hydrogens (tertiary/aromatic N) is 1. The molecule has 0 radical (unpaired) electrons. The Morgan fingerprint density at radius 3 is 2.26 bits per heavy atom. The number of aromatic hydroxyl groups is 2. The standard InChI is InChI=1S/C13H19FN2O2.ClH/c14-2-1-13(16-5-3-15-4-6-16)10-7-11(17)9-12(18)8-10;/h7-9,13,15,17-18H,1-6H2;1H/t13-;/m0./s1. The quantitative estimate of drug-likeness (QED) is 0.792. The Hall–Kier alpha value is -1.04. The van der Waals surface area contributed by atoms with Crippen LogP contribution in [0.1, 0.15) is 18.0 Å². The van der Waals surface area contributed by atoms with Crippen molar-refractivity contribution in [2.75, 3.05) is 32.9 Å². The van der Waals surface area contributed by atoms with Gasteiger partial charge in [0.2, 0.25) is 0 Å². The fourth-order valence-corrected chi connectivity index (χ4v) is 2.47. The number of alkyl halides is 1. The van der Waals surface area contributed by atoms with Crippen LogP contribution in [0, 0.1) is 0 Å². The van der Waals surface area contributed by atoms with Gasteiger partial charge in [0.25, 0.3) is 0 Å². The monoisotopic (exact) mass is 290 g/mol. The number of benzene rings is 1. The summed E-state index contributed by atoms with van der Waals surface area (Å²) in [7, 11) is 0. The Kier molecular flexibility index (Phi) is 6.34. The molecule has 1 heterocycles. The van der Waals surface area contributed by atoms with Gasteiger partial charge in [0, 0.05) is 38.3 Å². The van der Waals surface area contributed by atoms with E-state index < -0.39 is 6.67 Å². The molecule has 1 aliphatic heterocycles. The highest BCUT2D eigenvalue weighted by Crippen LogP contribution is 2.30. The molecule has 1 saturated heterocycles. The molecule has 1 fully saturated rings. The van der Waals surface area contributed by atoms with E-state index in [1.807, 2.05) is 0 Å². The summed E-state index contributed by atoms with van der Waals surface area (Å²) >= 11 is 0. The lowest BCUT2D eigenvalue weighted by atomic mass is 10.0. The van der Waals surface area contributed by atoms with E-state index in [2.05, 4.69) is 10.2 Å². The number of piperazine rings is 1. The molecule has 3 N–H and O–H groups in total. The normalized spacial score (nSPS) is 17.7. The second-order valence-corrected chi connectivity index (χ2v) is 4.56. The lowest BCUT2D eigenvalue weighted by Gasteiger charge is -2.35. The predicted molar refractivity (Wildman–Crippen MR) is 74.8 cm³/mol. The van der Waals surface area contributed by atoms with Crippen molar-refractivity contribution in [1.29, 1.82) is 0 Å². The summed E-state index contributed by atoms with van der Waals surface area (Å²) in [6, 6.07) is 4.40. The molecule has 2 rings (SSSR count). The molecule has 108 valence electrons. The SMILES string of the molecule is Cl.Oc1cc(O)cc([C@H](CCF)N2CCNCC2)c1. The van der Waals surface area contributed by atoms with Crippen molar-refractivity contribution in [1.82, 2.24) is 10.2 Å². The predicted octanol–water partition coefficient (Wildman–Crippen LogP) is 1.83. The first kappa shape index (κ1) is 16.0. The van der Waals surface area contributed by atoms with Gasteiger partial charge in [-0.25, -0.2) is 0 Å². The number of phenolic OH excluding ortho intramolecular Hbond substituents is 2. The van der Waals surface area contributed by atoms with Crippen LogP contribution in [0.2, 0.25) is 0 Å². The molecule has 0 spiro atoms. The number of hydrogen-bond donors (Lipinski definition) is 3. The smallest absolute Gasteiger partial charge is 0.119 e. The highest BCUT2D eigenvalue weighted by molar-refractivity contribution is 5.85. The van der Waals surface area contributed by atoms with Gasteiger partial charge < -0.3 is 15.5 Å². The number of phenols is 2. The Bertz CT molecular complexity index is 380. The van der Waals surface area contributed by atoms with Crippen molar-refractivity contribution in [3.63, 3.8) is 0 Å². The third-order valence-electron chi connectivity index (χ3n) is 3.28. The van der Waals surface area contributed by atoms with E-state index in [0.717, 1.165) is 31.7 Å². The summed E-state index contributed by atoms with van der Waals surface area (Å²) in [5, 5.41) is 22.3. The third kappa shape index (κ3) is 4.23. The molecule has 1 aliphatic rings. The molecule has 0 saturated carbocycles. The van der Waals surface area contributed by atoms with Gasteiger partial charge in [-0.2, -0.15) is 0 Å². The van der Waals surface area contributed by atoms with Crippen LogP contribution in [-0.2, 0) is 0 Å². The molecule has 0 amide bonds. The molecule has 0 aromatic heterocycles. The molecule has 6 heteroatoms. The van der Waals surface area contributed by atoms with Crippen LogP contribution < -0.4 is 5.32 Å². The van der Waals surface area contributed by atoms with Crippen LogP contribution in [-0.4, -0.2) is 48.0 Å². The molecule has 19 heavy (non-hydrogen) atoms. The van der Waals surface area contributed by atoms with Crippen LogP contribution >= 0.6 is 12.4 Å². The molecule has 0 aliphatic carbocycles. The molecule has 1 aromatic carbocycles. The Morgan fingerprint density at radius 2 is 1.74 bits per heavy atom. The Labute approximate surface area is 118 Å². The number of nitrogens with one attached hydrogen (secondary N) is 1. The van der Waals surface area contributed by atoms with Crippen molar-refractivity contribution < 1.29 is 14.6 Å². The van der Waals surface area contributed by atoms with Gasteiger partial charge in [-0.3, -0.25) is 9.29 Å². The van der Waals surface area contributed by atoms with Gasteiger partial charge in [-0.1, -0.05) is 0 Å². The highest BCUT2D eigenvalue weighted by Gasteiger charge is 2.22. The summed E-state index contributed by atoms with van der Waals surface area (Å²) in [4.78, 5) is 2.18. The van der Waals surface area contributed by atoms with Crippen molar-refractivity contribution in [2.24, 2.45) is 0 Å². The average Bonchev–Trinajstić information content (AvgIpc) is 2.36. The Morgan fingerprint density at radius 1 is 1.16 bits per heavy atom. The maximum atomic E-state index is 12.7. The summed E-state index contributed by atoms with van der Waals surface area (Å²) in [6.07, 6.45) is 0.378. The van der Waals surface area contributed by atoms with E-state index in [1.54, 1.807) is 12.1 Å². The van der Waals surface area contributed by atoms with E-state index in [-0.39, 0.29) is 29.9 Å². The first-order valence-electron chi connectivity index (χ1n) is 6.24. The van der Waals surface area contributed by atoms with E-state index in [9.17, 15) is 14.6 Å². The van der Waals surface area contributed by atoms with Crippen LogP contribution in [0.3, 0.4) is 0 Å². The van der Waals surface area contributed by atoms with Gasteiger partial charge in [0.05, 0.1) is 6.67 Å². The van der Waals surface area contributed by atoms with Crippen molar-refractivity contribution in [3.8, 4) is 11.5 Å². The van der Waals surface area contributed by atoms with Gasteiger partial charge in [0.15, 0.2) is 0 Å². The van der Waals surface area contributed by atoms with E-state index in [4.69, 9.17) is 0 Å². The zero-order valence-corrected chi connectivity index (χ0v) is 11.5. The third-order valence-corrected chi connectivity index (χ3v) is 3.28. The lowest BCUT2D eigenvalue weighted by Crippen LogP contribution is -2.45.